The Kier molecular flexibility index (Phi) is 10.0. The first-order valence-electron chi connectivity index (χ1n) is 11.5. The number of hydrogen-bond acceptors (Lipinski definition) is 4. The van der Waals surface area contributed by atoms with Gasteiger partial charge in [-0.05, 0) is 50.5 Å². The Bertz CT molecular complexity index is 921. The lowest BCUT2D eigenvalue weighted by atomic mass is 9.90. The van der Waals surface area contributed by atoms with Crippen molar-refractivity contribution in [1.82, 2.24) is 20.0 Å². The number of fused-ring (bicyclic) bond motifs is 1. The van der Waals surface area contributed by atoms with Crippen LogP contribution in [0, 0.1) is 0 Å². The highest BCUT2D eigenvalue weighted by Gasteiger charge is 2.37. The van der Waals surface area contributed by atoms with Gasteiger partial charge in [-0.1, -0.05) is 38.7 Å². The van der Waals surface area contributed by atoms with Gasteiger partial charge in [0.25, 0.3) is 0 Å². The van der Waals surface area contributed by atoms with Gasteiger partial charge >= 0.3 is 0 Å². The Morgan fingerprint density at radius 3 is 2.61 bits per heavy atom. The van der Waals surface area contributed by atoms with Gasteiger partial charge in [-0.25, -0.2) is 4.39 Å². The highest BCUT2D eigenvalue weighted by Crippen LogP contribution is 2.29. The van der Waals surface area contributed by atoms with Gasteiger partial charge in [0.2, 0.25) is 6.41 Å². The van der Waals surface area contributed by atoms with E-state index in [1.165, 1.54) is 6.08 Å². The third kappa shape index (κ3) is 7.11. The van der Waals surface area contributed by atoms with Gasteiger partial charge in [0.15, 0.2) is 0 Å². The molecule has 1 aromatic rings. The van der Waals surface area contributed by atoms with E-state index in [0.717, 1.165) is 61.4 Å². The van der Waals surface area contributed by atoms with E-state index in [9.17, 15) is 9.18 Å². The van der Waals surface area contributed by atoms with Crippen molar-refractivity contribution in [2.75, 3.05) is 26.7 Å². The van der Waals surface area contributed by atoms with Crippen LogP contribution in [0.2, 0.25) is 0 Å². The molecular formula is C26H37FN4O2. The first-order valence-corrected chi connectivity index (χ1v) is 11.5. The third-order valence-electron chi connectivity index (χ3n) is 5.98. The standard InChI is InChI=1S/C24H31FN4O2.C2H6/c1-18(2)5-6-19(3)29(17-30)16-24(31-4)11-13-28(14-12-24)15-23-21-9-7-20(25)8-10-22(21)26-27-23;1-2/h5-8,10,17H,1,3,9,11-16H2,2,4H3,(H,26,27);1-2H3/b6-5-;. The number of hydrogen-bond donors (Lipinski definition) is 1. The van der Waals surface area contributed by atoms with Gasteiger partial charge in [0.1, 0.15) is 5.83 Å². The number of halogens is 1. The number of carbonyl (C=O) groups excluding carboxylic acids is 1. The molecule has 1 aliphatic carbocycles. The Morgan fingerprint density at radius 2 is 2.00 bits per heavy atom. The van der Waals surface area contributed by atoms with Crippen LogP contribution < -0.4 is 0 Å². The molecule has 180 valence electrons. The summed E-state index contributed by atoms with van der Waals surface area (Å²) in [6, 6.07) is 0. The molecule has 1 saturated heterocycles. The number of likely N-dealkylation sites (tertiary alicyclic amines) is 1. The molecule has 6 nitrogen and oxygen atoms in total. The average Bonchev–Trinajstić information content (AvgIpc) is 3.11. The summed E-state index contributed by atoms with van der Waals surface area (Å²) in [6.07, 6.45) is 11.3. The fraction of sp³-hybridized carbons (Fsp3) is 0.462. The van der Waals surface area contributed by atoms with Crippen LogP contribution >= 0.6 is 0 Å². The maximum atomic E-state index is 13.5. The lowest BCUT2D eigenvalue weighted by Gasteiger charge is -2.42. The molecule has 1 N–H and O–H groups in total. The van der Waals surface area contributed by atoms with E-state index >= 15 is 0 Å². The number of rotatable bonds is 9. The number of allylic oxidation sites excluding steroid dienone is 6. The first kappa shape index (κ1) is 26.5. The molecule has 1 aliphatic heterocycles. The second kappa shape index (κ2) is 12.5. The topological polar surface area (TPSA) is 61.5 Å². The number of methoxy groups -OCH3 is 1. The molecule has 0 saturated carbocycles. The molecule has 33 heavy (non-hydrogen) atoms. The van der Waals surface area contributed by atoms with E-state index < -0.39 is 5.60 Å². The normalized spacial score (nSPS) is 17.4. The van der Waals surface area contributed by atoms with Crippen LogP contribution in [0.15, 0.2) is 54.6 Å². The average molecular weight is 457 g/mol. The lowest BCUT2D eigenvalue weighted by molar-refractivity contribution is -0.123. The first-order chi connectivity index (χ1) is 15.9. The number of nitrogens with one attached hydrogen (secondary N) is 1. The van der Waals surface area contributed by atoms with Crippen molar-refractivity contribution in [1.29, 1.82) is 0 Å². The largest absolute Gasteiger partial charge is 0.376 e. The summed E-state index contributed by atoms with van der Waals surface area (Å²) < 4.78 is 19.4. The zero-order chi connectivity index (χ0) is 24.4. The number of carbonyl (C=O) groups is 1. The molecule has 0 spiro atoms. The smallest absolute Gasteiger partial charge is 0.214 e. The summed E-state index contributed by atoms with van der Waals surface area (Å²) in [5.74, 6) is -0.230. The second-order valence-electron chi connectivity index (χ2n) is 8.26. The Hall–Kier alpha value is -2.77. The molecule has 1 amide bonds. The van der Waals surface area contributed by atoms with Crippen LogP contribution in [0.3, 0.4) is 0 Å². The van der Waals surface area contributed by atoms with Crippen LogP contribution in [-0.4, -0.2) is 58.8 Å². The Morgan fingerprint density at radius 1 is 1.30 bits per heavy atom. The predicted octanol–water partition coefficient (Wildman–Crippen LogP) is 4.94. The number of amides is 1. The van der Waals surface area contributed by atoms with Gasteiger partial charge in [-0.3, -0.25) is 14.8 Å². The molecule has 0 aromatic carbocycles. The van der Waals surface area contributed by atoms with Crippen LogP contribution in [0.1, 0.15) is 50.6 Å². The summed E-state index contributed by atoms with van der Waals surface area (Å²) in [5.41, 5.74) is 3.95. The summed E-state index contributed by atoms with van der Waals surface area (Å²) in [7, 11) is 1.70. The van der Waals surface area contributed by atoms with Gasteiger partial charge in [0, 0.05) is 38.0 Å². The number of piperidine rings is 1. The van der Waals surface area contributed by atoms with Gasteiger partial charge in [0.05, 0.1) is 23.5 Å². The monoisotopic (exact) mass is 456 g/mol. The Labute approximate surface area is 197 Å². The molecule has 2 heterocycles. The zero-order valence-electron chi connectivity index (χ0n) is 20.4. The summed E-state index contributed by atoms with van der Waals surface area (Å²) >= 11 is 0. The second-order valence-corrected chi connectivity index (χ2v) is 8.26. The van der Waals surface area contributed by atoms with E-state index in [2.05, 4.69) is 28.3 Å². The van der Waals surface area contributed by atoms with E-state index in [4.69, 9.17) is 4.74 Å². The number of aromatic nitrogens is 2. The molecule has 0 bridgehead atoms. The third-order valence-corrected chi connectivity index (χ3v) is 5.98. The minimum Gasteiger partial charge on any atom is -0.376 e. The Balaban J connectivity index is 0.00000187. The minimum atomic E-state index is -0.420. The molecule has 2 aliphatic rings. The van der Waals surface area contributed by atoms with Gasteiger partial charge in [-0.2, -0.15) is 5.10 Å². The van der Waals surface area contributed by atoms with Crippen LogP contribution in [0.4, 0.5) is 4.39 Å². The minimum absolute atomic E-state index is 0.230. The summed E-state index contributed by atoms with van der Waals surface area (Å²) in [6.45, 7) is 16.5. The number of ether oxygens (including phenoxy) is 1. The number of aromatic amines is 1. The van der Waals surface area contributed by atoms with Crippen LogP contribution in [-0.2, 0) is 22.5 Å². The van der Waals surface area contributed by atoms with E-state index in [1.54, 1.807) is 30.2 Å². The zero-order valence-corrected chi connectivity index (χ0v) is 20.4. The summed E-state index contributed by atoms with van der Waals surface area (Å²) in [4.78, 5) is 15.6. The molecule has 1 aromatic heterocycles. The van der Waals surface area contributed by atoms with E-state index in [-0.39, 0.29) is 5.83 Å². The highest BCUT2D eigenvalue weighted by molar-refractivity contribution is 5.56. The van der Waals surface area contributed by atoms with Gasteiger partial charge < -0.3 is 9.64 Å². The van der Waals surface area contributed by atoms with Crippen LogP contribution in [0.25, 0.3) is 6.08 Å². The van der Waals surface area contributed by atoms with Crippen molar-refractivity contribution in [3.63, 3.8) is 0 Å². The summed E-state index contributed by atoms with van der Waals surface area (Å²) in [5, 5.41) is 7.44. The van der Waals surface area contributed by atoms with Crippen molar-refractivity contribution in [2.45, 2.75) is 52.2 Å². The molecule has 1 fully saturated rings. The van der Waals surface area contributed by atoms with Crippen molar-refractivity contribution >= 4 is 12.5 Å². The maximum absolute atomic E-state index is 13.5. The maximum Gasteiger partial charge on any atom is 0.214 e. The molecule has 0 unspecified atom stereocenters. The molecular weight excluding hydrogens is 419 g/mol. The van der Waals surface area contributed by atoms with Crippen molar-refractivity contribution in [3.05, 3.63) is 71.5 Å². The van der Waals surface area contributed by atoms with Gasteiger partial charge in [-0.15, -0.1) is 0 Å². The lowest BCUT2D eigenvalue weighted by Crippen LogP contribution is -2.51. The fourth-order valence-electron chi connectivity index (χ4n) is 3.96. The quantitative estimate of drug-likeness (QED) is 0.422. The van der Waals surface area contributed by atoms with Crippen LogP contribution in [0.5, 0.6) is 0 Å². The van der Waals surface area contributed by atoms with Crippen molar-refractivity contribution in [3.8, 4) is 0 Å². The van der Waals surface area contributed by atoms with E-state index in [0.29, 0.717) is 18.7 Å². The predicted molar refractivity (Wildman–Crippen MR) is 132 cm³/mol. The number of H-pyrrole nitrogens is 1. The van der Waals surface area contributed by atoms with Crippen molar-refractivity contribution < 1.29 is 13.9 Å². The molecule has 7 heteroatoms. The number of nitrogens with zero attached hydrogens (tertiary/aromatic N) is 3. The molecule has 3 rings (SSSR count). The van der Waals surface area contributed by atoms with Crippen molar-refractivity contribution in [2.24, 2.45) is 0 Å². The highest BCUT2D eigenvalue weighted by atomic mass is 19.1. The van der Waals surface area contributed by atoms with E-state index in [1.807, 2.05) is 26.8 Å². The molecule has 0 radical (unpaired) electrons. The molecule has 0 atom stereocenters. The SMILES string of the molecule is C=C(C)/C=C\C(=C)N(C=O)CC1(OC)CCN(Cc2[nH]nc3c2CC=C(F)C=C3)CC1.CC. The fourth-order valence-corrected chi connectivity index (χ4v) is 3.96.